The lowest BCUT2D eigenvalue weighted by molar-refractivity contribution is -0.137. The van der Waals surface area contributed by atoms with Gasteiger partial charge in [-0.25, -0.2) is 4.39 Å². The molecular weight excluding hydrogens is 371 g/mol. The van der Waals surface area contributed by atoms with Crippen LogP contribution in [0.5, 0.6) is 0 Å². The Morgan fingerprint density at radius 2 is 2.03 bits per heavy atom. The molecule has 1 aromatic rings. The van der Waals surface area contributed by atoms with Crippen molar-refractivity contribution in [2.24, 2.45) is 0 Å². The van der Waals surface area contributed by atoms with Crippen LogP contribution >= 0.6 is 0 Å². The maximum absolute atomic E-state index is 13.7. The maximum Gasteiger partial charge on any atom is 0.160 e. The third-order valence-corrected chi connectivity index (χ3v) is 5.88. The summed E-state index contributed by atoms with van der Waals surface area (Å²) < 4.78 is 19.4. The van der Waals surface area contributed by atoms with Crippen molar-refractivity contribution < 1.29 is 18.7 Å². The fraction of sp³-hybridized carbons (Fsp3) is 0.478. The number of anilines is 1. The van der Waals surface area contributed by atoms with E-state index in [1.165, 1.54) is 13.0 Å². The zero-order valence-corrected chi connectivity index (χ0v) is 17.3. The lowest BCUT2D eigenvalue weighted by Gasteiger charge is -2.51. The molecule has 1 fully saturated rings. The highest BCUT2D eigenvalue weighted by Gasteiger charge is 2.49. The summed E-state index contributed by atoms with van der Waals surface area (Å²) in [5.41, 5.74) is -0.0854. The van der Waals surface area contributed by atoms with E-state index < -0.39 is 11.6 Å². The number of ether oxygens (including phenoxy) is 1. The number of hydrogen-bond acceptors (Lipinski definition) is 5. The number of allylic oxidation sites excluding steroid dienone is 2. The molecule has 2 aliphatic rings. The summed E-state index contributed by atoms with van der Waals surface area (Å²) in [4.78, 5) is 29.2. The van der Waals surface area contributed by atoms with Crippen LogP contribution in [-0.2, 0) is 14.3 Å². The molecule has 6 heteroatoms. The molecule has 1 aliphatic carbocycles. The van der Waals surface area contributed by atoms with Crippen molar-refractivity contribution in [2.45, 2.75) is 44.4 Å². The normalized spacial score (nSPS) is 27.2. The highest BCUT2D eigenvalue weighted by atomic mass is 19.1. The number of carbonyl (C=O) groups is 2. The predicted octanol–water partition coefficient (Wildman–Crippen LogP) is 3.15. The first-order valence-electron chi connectivity index (χ1n) is 10.1. The minimum atomic E-state index is -0.929. The van der Waals surface area contributed by atoms with Crippen molar-refractivity contribution in [1.82, 2.24) is 4.90 Å². The number of benzene rings is 1. The molecule has 1 aromatic carbocycles. The van der Waals surface area contributed by atoms with Crippen molar-refractivity contribution in [2.75, 3.05) is 31.6 Å². The van der Waals surface area contributed by atoms with Crippen LogP contribution in [0.1, 0.15) is 26.7 Å². The lowest BCUT2D eigenvalue weighted by atomic mass is 9.79. The van der Waals surface area contributed by atoms with E-state index in [1.807, 2.05) is 30.4 Å². The average molecular weight is 400 g/mol. The van der Waals surface area contributed by atoms with Crippen LogP contribution in [0.3, 0.4) is 0 Å². The number of nitrogens with zero attached hydrogens (tertiary/aromatic N) is 2. The van der Waals surface area contributed by atoms with Crippen LogP contribution in [-0.4, -0.2) is 60.9 Å². The second kappa shape index (κ2) is 9.01. The Labute approximate surface area is 171 Å². The van der Waals surface area contributed by atoms with Crippen molar-refractivity contribution in [3.8, 4) is 0 Å². The number of ketones is 2. The quantitative estimate of drug-likeness (QED) is 0.704. The van der Waals surface area contributed by atoms with Gasteiger partial charge in [-0.2, -0.15) is 0 Å². The molecule has 156 valence electrons. The standard InChI is InChI=1S/C23H29FN2O3/c1-17-16-25(13-14-26(17)20-8-6-7-19(24)15-20)23(21(28)11-10-18(2)27)12-5-4-9-22(23)29-3/h4-9,12,15,17,22H,10-11,13-14,16H2,1-3H3/t17-,22?,23?/m0/s1. The van der Waals surface area contributed by atoms with Gasteiger partial charge in [0.15, 0.2) is 5.78 Å². The Morgan fingerprint density at radius 1 is 1.24 bits per heavy atom. The second-order valence-corrected chi connectivity index (χ2v) is 7.82. The third-order valence-electron chi connectivity index (χ3n) is 5.88. The van der Waals surface area contributed by atoms with Gasteiger partial charge in [-0.3, -0.25) is 9.69 Å². The van der Waals surface area contributed by atoms with Gasteiger partial charge in [0, 0.05) is 51.3 Å². The van der Waals surface area contributed by atoms with Gasteiger partial charge >= 0.3 is 0 Å². The first kappa shape index (κ1) is 21.4. The van der Waals surface area contributed by atoms with Crippen molar-refractivity contribution in [3.05, 3.63) is 54.4 Å². The number of halogens is 1. The van der Waals surface area contributed by atoms with Gasteiger partial charge in [0.2, 0.25) is 0 Å². The topological polar surface area (TPSA) is 49.9 Å². The summed E-state index contributed by atoms with van der Waals surface area (Å²) in [6.45, 7) is 5.50. The largest absolute Gasteiger partial charge is 0.375 e. The van der Waals surface area contributed by atoms with Gasteiger partial charge in [-0.1, -0.05) is 30.4 Å². The lowest BCUT2D eigenvalue weighted by Crippen LogP contribution is -2.67. The van der Waals surface area contributed by atoms with E-state index in [9.17, 15) is 14.0 Å². The van der Waals surface area contributed by atoms with Gasteiger partial charge in [-0.05, 0) is 32.0 Å². The highest BCUT2D eigenvalue weighted by molar-refractivity contribution is 5.94. The van der Waals surface area contributed by atoms with E-state index in [2.05, 4.69) is 16.7 Å². The molecule has 0 N–H and O–H groups in total. The van der Waals surface area contributed by atoms with E-state index in [0.29, 0.717) is 19.6 Å². The summed E-state index contributed by atoms with van der Waals surface area (Å²) in [7, 11) is 1.60. The number of carbonyl (C=O) groups excluding carboxylic acids is 2. The minimum Gasteiger partial charge on any atom is -0.375 e. The highest BCUT2D eigenvalue weighted by Crippen LogP contribution is 2.34. The number of methoxy groups -OCH3 is 1. The summed E-state index contributed by atoms with van der Waals surface area (Å²) in [5, 5.41) is 0. The fourth-order valence-corrected chi connectivity index (χ4v) is 4.40. The molecule has 1 heterocycles. The van der Waals surface area contributed by atoms with Crippen LogP contribution in [0.2, 0.25) is 0 Å². The Morgan fingerprint density at radius 3 is 2.69 bits per heavy atom. The molecule has 0 saturated carbocycles. The van der Waals surface area contributed by atoms with E-state index in [4.69, 9.17) is 4.74 Å². The number of rotatable bonds is 7. The van der Waals surface area contributed by atoms with Crippen LogP contribution in [0, 0.1) is 5.82 Å². The summed E-state index contributed by atoms with van der Waals surface area (Å²) in [6.07, 6.45) is 7.57. The molecule has 0 radical (unpaired) electrons. The Kier molecular flexibility index (Phi) is 6.65. The molecule has 0 bridgehead atoms. The minimum absolute atomic E-state index is 0.00193. The molecule has 1 saturated heterocycles. The monoisotopic (exact) mass is 400 g/mol. The van der Waals surface area contributed by atoms with Crippen molar-refractivity contribution >= 4 is 17.3 Å². The van der Waals surface area contributed by atoms with Crippen molar-refractivity contribution in [1.29, 1.82) is 0 Å². The molecule has 5 nitrogen and oxygen atoms in total. The fourth-order valence-electron chi connectivity index (χ4n) is 4.40. The van der Waals surface area contributed by atoms with E-state index in [1.54, 1.807) is 19.2 Å². The summed E-state index contributed by atoms with van der Waals surface area (Å²) in [5.74, 6) is -0.263. The molecule has 2 unspecified atom stereocenters. The second-order valence-electron chi connectivity index (χ2n) is 7.82. The SMILES string of the molecule is COC1C=CC=CC1(C(=O)CCC(C)=O)N1CCN(c2cccc(F)c2)[C@@H](C)C1. The average Bonchev–Trinajstić information content (AvgIpc) is 2.71. The molecule has 0 amide bonds. The molecular formula is C23H29FN2O3. The molecule has 3 atom stereocenters. The zero-order valence-electron chi connectivity index (χ0n) is 17.3. The van der Waals surface area contributed by atoms with Gasteiger partial charge in [0.05, 0.1) is 0 Å². The Hall–Kier alpha value is -2.31. The van der Waals surface area contributed by atoms with E-state index in [0.717, 1.165) is 5.69 Å². The number of hydrogen-bond donors (Lipinski definition) is 0. The smallest absolute Gasteiger partial charge is 0.160 e. The summed E-state index contributed by atoms with van der Waals surface area (Å²) in [6, 6.07) is 6.69. The Balaban J connectivity index is 1.86. The van der Waals surface area contributed by atoms with Gasteiger partial charge < -0.3 is 14.4 Å². The van der Waals surface area contributed by atoms with Gasteiger partial charge in [0.25, 0.3) is 0 Å². The van der Waals surface area contributed by atoms with Crippen LogP contribution in [0.25, 0.3) is 0 Å². The molecule has 0 aromatic heterocycles. The van der Waals surface area contributed by atoms with E-state index >= 15 is 0 Å². The van der Waals surface area contributed by atoms with Crippen LogP contribution in [0.15, 0.2) is 48.6 Å². The van der Waals surface area contributed by atoms with Gasteiger partial charge in [-0.15, -0.1) is 0 Å². The van der Waals surface area contributed by atoms with E-state index in [-0.39, 0.29) is 36.3 Å². The van der Waals surface area contributed by atoms with Crippen LogP contribution < -0.4 is 4.90 Å². The molecule has 3 rings (SSSR count). The molecule has 0 spiro atoms. The van der Waals surface area contributed by atoms with Crippen molar-refractivity contribution in [3.63, 3.8) is 0 Å². The first-order valence-corrected chi connectivity index (χ1v) is 10.1. The third kappa shape index (κ3) is 4.33. The number of piperazine rings is 1. The zero-order chi connectivity index (χ0) is 21.0. The van der Waals surface area contributed by atoms with Gasteiger partial charge in [0.1, 0.15) is 23.2 Å². The van der Waals surface area contributed by atoms with Crippen LogP contribution in [0.4, 0.5) is 10.1 Å². The summed E-state index contributed by atoms with van der Waals surface area (Å²) >= 11 is 0. The molecule has 29 heavy (non-hydrogen) atoms. The molecule has 1 aliphatic heterocycles. The Bertz CT molecular complexity index is 822. The maximum atomic E-state index is 13.7. The first-order chi connectivity index (χ1) is 13.9. The number of Topliss-reactive ketones (excluding diaryl/α,β-unsaturated/α-hetero) is 2. The predicted molar refractivity (Wildman–Crippen MR) is 112 cm³/mol.